The number of hydrogen-bond donors (Lipinski definition) is 3. The maximum atomic E-state index is 13.9. The normalized spacial score (nSPS) is 31.8. The number of aliphatic hydroxyl groups excluding tert-OH is 1. The molecule has 4 rings (SSSR count). The van der Waals surface area contributed by atoms with Crippen LogP contribution in [0.1, 0.15) is 64.2 Å². The molecule has 32 heavy (non-hydrogen) atoms. The van der Waals surface area contributed by atoms with E-state index in [2.05, 4.69) is 13.2 Å². The molecule has 0 amide bonds. The number of benzene rings is 1. The number of fused-ring (bicyclic) bond motifs is 3. The van der Waals surface area contributed by atoms with Crippen LogP contribution in [0.25, 0.3) is 11.3 Å². The van der Waals surface area contributed by atoms with Crippen LogP contribution in [-0.4, -0.2) is 32.5 Å². The number of carbonyl (C=O) groups is 2. The van der Waals surface area contributed by atoms with E-state index in [1.165, 1.54) is 6.07 Å². The number of phenols is 1. The summed E-state index contributed by atoms with van der Waals surface area (Å²) >= 11 is 0. The van der Waals surface area contributed by atoms with Gasteiger partial charge in [0.2, 0.25) is 11.6 Å². The molecule has 3 aliphatic carbocycles. The Labute approximate surface area is 188 Å². The molecular formula is C27H30O5. The van der Waals surface area contributed by atoms with Crippen LogP contribution in [0.4, 0.5) is 0 Å². The predicted molar refractivity (Wildman–Crippen MR) is 124 cm³/mol. The largest absolute Gasteiger partial charge is 0.507 e. The van der Waals surface area contributed by atoms with E-state index in [-0.39, 0.29) is 22.6 Å². The van der Waals surface area contributed by atoms with Crippen LogP contribution in [0.15, 0.2) is 47.6 Å². The summed E-state index contributed by atoms with van der Waals surface area (Å²) in [5.41, 5.74) is -0.0729. The van der Waals surface area contributed by atoms with Crippen LogP contribution < -0.4 is 0 Å². The van der Waals surface area contributed by atoms with Crippen LogP contribution >= 0.6 is 0 Å². The smallest absolute Gasteiger partial charge is 0.203 e. The molecular weight excluding hydrogens is 404 g/mol. The van der Waals surface area contributed by atoms with Crippen LogP contribution in [-0.2, 0) is 16.0 Å². The first-order valence-corrected chi connectivity index (χ1v) is 10.8. The van der Waals surface area contributed by atoms with Gasteiger partial charge in [-0.05, 0) is 62.8 Å². The molecule has 1 aromatic rings. The van der Waals surface area contributed by atoms with E-state index in [0.717, 1.165) is 22.3 Å². The van der Waals surface area contributed by atoms with Crippen molar-refractivity contribution in [3.63, 3.8) is 0 Å². The molecule has 0 bridgehead atoms. The molecule has 1 aromatic carbocycles. The van der Waals surface area contributed by atoms with Crippen molar-refractivity contribution < 1.29 is 24.9 Å². The Morgan fingerprint density at radius 3 is 2.19 bits per heavy atom. The summed E-state index contributed by atoms with van der Waals surface area (Å²) in [5.74, 6) is -1.97. The third-order valence-electron chi connectivity index (χ3n) is 7.67. The average Bonchev–Trinajstić information content (AvgIpc) is 2.63. The number of ketones is 2. The standard InChI is InChI=1S/C27H30O5/c1-13(2)16-8-9-18(28)20-17(16)11-25(6)12-26(7)10-15(5)19(14(3)4)23(30)27(26,32)24(31)21(25)22(20)29/h8-9,28-29,32H,1,3,10-12H2,2,4-7H3/t25-,26+,27+/m1/s1. The molecule has 5 heteroatoms. The van der Waals surface area contributed by atoms with Gasteiger partial charge in [0.05, 0.1) is 5.56 Å². The Morgan fingerprint density at radius 1 is 1.00 bits per heavy atom. The zero-order valence-corrected chi connectivity index (χ0v) is 19.3. The summed E-state index contributed by atoms with van der Waals surface area (Å²) in [5, 5.41) is 33.6. The van der Waals surface area contributed by atoms with Gasteiger partial charge in [-0.25, -0.2) is 0 Å². The zero-order chi connectivity index (χ0) is 24.0. The van der Waals surface area contributed by atoms with Crippen molar-refractivity contribution in [1.82, 2.24) is 0 Å². The van der Waals surface area contributed by atoms with Gasteiger partial charge in [0, 0.05) is 22.0 Å². The Morgan fingerprint density at radius 2 is 1.62 bits per heavy atom. The van der Waals surface area contributed by atoms with Crippen molar-refractivity contribution >= 4 is 22.9 Å². The fraction of sp³-hybridized carbons (Fsp3) is 0.407. The summed E-state index contributed by atoms with van der Waals surface area (Å²) in [7, 11) is 0. The number of carbonyl (C=O) groups excluding carboxylic acids is 2. The number of hydrogen-bond acceptors (Lipinski definition) is 5. The number of aliphatic hydroxyl groups is 2. The molecule has 5 nitrogen and oxygen atoms in total. The highest BCUT2D eigenvalue weighted by atomic mass is 16.3. The third kappa shape index (κ3) is 2.54. The lowest BCUT2D eigenvalue weighted by Gasteiger charge is -2.56. The summed E-state index contributed by atoms with van der Waals surface area (Å²) in [4.78, 5) is 27.5. The van der Waals surface area contributed by atoms with Crippen LogP contribution in [0, 0.1) is 10.8 Å². The predicted octanol–water partition coefficient (Wildman–Crippen LogP) is 4.83. The van der Waals surface area contributed by atoms with Crippen molar-refractivity contribution in [2.75, 3.05) is 0 Å². The number of phenolic OH excluding ortho intramolecular Hbond substituents is 1. The molecule has 0 saturated heterocycles. The minimum Gasteiger partial charge on any atom is -0.507 e. The average molecular weight is 435 g/mol. The van der Waals surface area contributed by atoms with Gasteiger partial charge in [-0.3, -0.25) is 9.59 Å². The maximum Gasteiger partial charge on any atom is 0.203 e. The van der Waals surface area contributed by atoms with Crippen molar-refractivity contribution in [2.45, 2.75) is 59.5 Å². The Kier molecular flexibility index (Phi) is 4.56. The first-order valence-electron chi connectivity index (χ1n) is 10.8. The Hall–Kier alpha value is -2.92. The lowest BCUT2D eigenvalue weighted by Crippen LogP contribution is -2.67. The molecule has 0 spiro atoms. The first-order chi connectivity index (χ1) is 14.7. The van der Waals surface area contributed by atoms with Crippen molar-refractivity contribution in [1.29, 1.82) is 0 Å². The highest BCUT2D eigenvalue weighted by Crippen LogP contribution is 2.62. The topological polar surface area (TPSA) is 94.8 Å². The summed E-state index contributed by atoms with van der Waals surface area (Å²) < 4.78 is 0. The molecule has 0 radical (unpaired) electrons. The number of Topliss-reactive ketones (excluding diaryl/α,β-unsaturated/α-hetero) is 2. The molecule has 1 fully saturated rings. The molecule has 1 saturated carbocycles. The lowest BCUT2D eigenvalue weighted by molar-refractivity contribution is -0.171. The molecule has 0 unspecified atom stereocenters. The van der Waals surface area contributed by atoms with E-state index in [1.807, 2.05) is 20.8 Å². The fourth-order valence-corrected chi connectivity index (χ4v) is 6.52. The van der Waals surface area contributed by atoms with Crippen LogP contribution in [0.5, 0.6) is 5.75 Å². The molecule has 168 valence electrons. The molecule has 3 atom stereocenters. The minimum atomic E-state index is -2.30. The SMILES string of the molecule is C=C(C)C1=C(C)C[C@@]2(C)C[C@@]3(C)Cc4c(C(=C)C)ccc(O)c4C(O)=C3C(=O)[C@@]2(O)C1=O. The first kappa shape index (κ1) is 22.3. The molecule has 3 N–H and O–H groups in total. The Balaban J connectivity index is 2.03. The van der Waals surface area contributed by atoms with Gasteiger partial charge < -0.3 is 15.3 Å². The lowest BCUT2D eigenvalue weighted by atomic mass is 9.46. The number of allylic oxidation sites excluding steroid dienone is 3. The second-order valence-electron chi connectivity index (χ2n) is 10.4. The van der Waals surface area contributed by atoms with Gasteiger partial charge in [-0.1, -0.05) is 44.2 Å². The highest BCUT2D eigenvalue weighted by molar-refractivity contribution is 6.27. The van der Waals surface area contributed by atoms with Gasteiger partial charge in [-0.15, -0.1) is 0 Å². The fourth-order valence-electron chi connectivity index (χ4n) is 6.52. The second-order valence-corrected chi connectivity index (χ2v) is 10.4. The van der Waals surface area contributed by atoms with Crippen molar-refractivity contribution in [2.24, 2.45) is 10.8 Å². The van der Waals surface area contributed by atoms with Gasteiger partial charge in [-0.2, -0.15) is 0 Å². The van der Waals surface area contributed by atoms with E-state index in [4.69, 9.17) is 0 Å². The molecule has 0 heterocycles. The zero-order valence-electron chi connectivity index (χ0n) is 19.3. The van der Waals surface area contributed by atoms with E-state index in [9.17, 15) is 24.9 Å². The molecule has 3 aliphatic rings. The highest BCUT2D eigenvalue weighted by Gasteiger charge is 2.68. The quantitative estimate of drug-likeness (QED) is 0.580. The van der Waals surface area contributed by atoms with Gasteiger partial charge in [0.25, 0.3) is 0 Å². The van der Waals surface area contributed by atoms with E-state index >= 15 is 0 Å². The summed E-state index contributed by atoms with van der Waals surface area (Å²) in [6.07, 6.45) is 1.06. The second kappa shape index (κ2) is 6.55. The van der Waals surface area contributed by atoms with Gasteiger partial charge in [0.1, 0.15) is 11.5 Å². The van der Waals surface area contributed by atoms with Crippen LogP contribution in [0.3, 0.4) is 0 Å². The number of aromatic hydroxyl groups is 1. The maximum absolute atomic E-state index is 13.9. The molecule has 0 aliphatic heterocycles. The Bertz CT molecular complexity index is 1210. The van der Waals surface area contributed by atoms with Gasteiger partial charge in [0.15, 0.2) is 5.60 Å². The van der Waals surface area contributed by atoms with E-state index in [1.54, 1.807) is 19.9 Å². The van der Waals surface area contributed by atoms with Gasteiger partial charge >= 0.3 is 0 Å². The van der Waals surface area contributed by atoms with E-state index in [0.29, 0.717) is 30.4 Å². The monoisotopic (exact) mass is 434 g/mol. The summed E-state index contributed by atoms with van der Waals surface area (Å²) in [6, 6.07) is 3.22. The van der Waals surface area contributed by atoms with Crippen molar-refractivity contribution in [3.8, 4) is 5.75 Å². The third-order valence-corrected chi connectivity index (χ3v) is 7.67. The molecule has 0 aromatic heterocycles. The number of rotatable bonds is 2. The minimum absolute atomic E-state index is 0.00751. The van der Waals surface area contributed by atoms with Crippen LogP contribution in [0.2, 0.25) is 0 Å². The van der Waals surface area contributed by atoms with E-state index < -0.39 is 28.0 Å². The summed E-state index contributed by atoms with van der Waals surface area (Å²) in [6.45, 7) is 16.9. The van der Waals surface area contributed by atoms with Crippen molar-refractivity contribution in [3.05, 3.63) is 64.3 Å².